The van der Waals surface area contributed by atoms with E-state index >= 15 is 0 Å². The number of benzene rings is 1. The molecule has 19 heavy (non-hydrogen) atoms. The second-order valence-corrected chi connectivity index (χ2v) is 4.59. The molecule has 0 bridgehead atoms. The summed E-state index contributed by atoms with van der Waals surface area (Å²) in [5.41, 5.74) is 2.88. The molecule has 3 heteroatoms. The summed E-state index contributed by atoms with van der Waals surface area (Å²) in [4.78, 5) is 4.15. The Morgan fingerprint density at radius 1 is 1.21 bits per heavy atom. The third kappa shape index (κ3) is 3.55. The van der Waals surface area contributed by atoms with Crippen LogP contribution >= 0.6 is 0 Å². The smallest absolute Gasteiger partial charge is 0.136 e. The van der Waals surface area contributed by atoms with E-state index in [4.69, 9.17) is 4.74 Å². The van der Waals surface area contributed by atoms with Crippen molar-refractivity contribution >= 4 is 0 Å². The van der Waals surface area contributed by atoms with Crippen molar-refractivity contribution in [3.63, 3.8) is 0 Å². The van der Waals surface area contributed by atoms with Crippen molar-refractivity contribution in [1.82, 2.24) is 4.98 Å². The molecule has 3 nitrogen and oxygen atoms in total. The van der Waals surface area contributed by atoms with Gasteiger partial charge in [-0.3, -0.25) is 4.98 Å². The van der Waals surface area contributed by atoms with Crippen molar-refractivity contribution in [2.75, 3.05) is 0 Å². The topological polar surface area (TPSA) is 42.4 Å². The summed E-state index contributed by atoms with van der Waals surface area (Å²) in [5.74, 6) is 1.44. The van der Waals surface area contributed by atoms with Gasteiger partial charge < -0.3 is 9.84 Å². The monoisotopic (exact) mass is 257 g/mol. The van der Waals surface area contributed by atoms with E-state index in [1.807, 2.05) is 25.1 Å². The highest BCUT2D eigenvalue weighted by Crippen LogP contribution is 2.26. The van der Waals surface area contributed by atoms with Gasteiger partial charge in [-0.25, -0.2) is 0 Å². The molecule has 100 valence electrons. The van der Waals surface area contributed by atoms with Gasteiger partial charge in [-0.15, -0.1) is 0 Å². The van der Waals surface area contributed by atoms with Gasteiger partial charge in [0.2, 0.25) is 0 Å². The lowest BCUT2D eigenvalue weighted by Gasteiger charge is -2.10. The van der Waals surface area contributed by atoms with Crippen molar-refractivity contribution in [3.05, 3.63) is 53.3 Å². The molecule has 0 aliphatic carbocycles. The number of nitrogens with zero attached hydrogens (tertiary/aromatic N) is 1. The average molecular weight is 257 g/mol. The lowest BCUT2D eigenvalue weighted by molar-refractivity contribution is 0.276. The van der Waals surface area contributed by atoms with Crippen LogP contribution < -0.4 is 4.74 Å². The van der Waals surface area contributed by atoms with Crippen molar-refractivity contribution in [3.8, 4) is 11.5 Å². The number of hydrogen-bond acceptors (Lipinski definition) is 3. The molecule has 0 atom stereocenters. The van der Waals surface area contributed by atoms with Crippen LogP contribution in [0.1, 0.15) is 30.2 Å². The first-order valence-electron chi connectivity index (χ1n) is 6.56. The Balaban J connectivity index is 2.18. The first-order chi connectivity index (χ1) is 9.22. The van der Waals surface area contributed by atoms with Crippen LogP contribution in [0.2, 0.25) is 0 Å². The predicted molar refractivity (Wildman–Crippen MR) is 75.4 cm³/mol. The van der Waals surface area contributed by atoms with E-state index < -0.39 is 0 Å². The number of hydrogen-bond donors (Lipinski definition) is 1. The van der Waals surface area contributed by atoms with Crippen molar-refractivity contribution < 1.29 is 9.84 Å². The standard InChI is InChI=1S/C16H19NO2/c1-3-4-13-5-7-15(8-6-13)19-16-9-12(2)17-10-14(16)11-18/h5-10,18H,3-4,11H2,1-2H3. The van der Waals surface area contributed by atoms with E-state index in [0.29, 0.717) is 11.3 Å². The number of ether oxygens (including phenoxy) is 1. The fraction of sp³-hybridized carbons (Fsp3) is 0.312. The second kappa shape index (κ2) is 6.34. The van der Waals surface area contributed by atoms with Crippen LogP contribution in [0.3, 0.4) is 0 Å². The quantitative estimate of drug-likeness (QED) is 0.889. The molecule has 0 unspecified atom stereocenters. The number of aryl methyl sites for hydroxylation is 2. The predicted octanol–water partition coefficient (Wildman–Crippen LogP) is 3.63. The van der Waals surface area contributed by atoms with E-state index in [1.165, 1.54) is 5.56 Å². The summed E-state index contributed by atoms with van der Waals surface area (Å²) in [6, 6.07) is 9.91. The van der Waals surface area contributed by atoms with E-state index in [-0.39, 0.29) is 6.61 Å². The van der Waals surface area contributed by atoms with Gasteiger partial charge in [0.25, 0.3) is 0 Å². The minimum absolute atomic E-state index is 0.0729. The number of aliphatic hydroxyl groups is 1. The molecule has 0 aliphatic rings. The maximum absolute atomic E-state index is 9.28. The third-order valence-electron chi connectivity index (χ3n) is 2.94. The van der Waals surface area contributed by atoms with Crippen LogP contribution in [0.25, 0.3) is 0 Å². The van der Waals surface area contributed by atoms with Gasteiger partial charge in [0, 0.05) is 23.5 Å². The van der Waals surface area contributed by atoms with E-state index in [1.54, 1.807) is 6.20 Å². The van der Waals surface area contributed by atoms with Gasteiger partial charge in [-0.2, -0.15) is 0 Å². The van der Waals surface area contributed by atoms with Crippen LogP contribution in [0.5, 0.6) is 11.5 Å². The molecular formula is C16H19NO2. The number of rotatable bonds is 5. The van der Waals surface area contributed by atoms with Crippen LogP contribution in [-0.4, -0.2) is 10.1 Å². The molecule has 2 rings (SSSR count). The van der Waals surface area contributed by atoms with Gasteiger partial charge in [-0.05, 0) is 31.0 Å². The Morgan fingerprint density at radius 3 is 2.58 bits per heavy atom. The minimum atomic E-state index is -0.0729. The van der Waals surface area contributed by atoms with Gasteiger partial charge in [-0.1, -0.05) is 25.5 Å². The molecule has 1 N–H and O–H groups in total. The summed E-state index contributed by atoms with van der Waals surface area (Å²) in [6.07, 6.45) is 3.87. The average Bonchev–Trinajstić information content (AvgIpc) is 2.42. The van der Waals surface area contributed by atoms with Crippen molar-refractivity contribution in [2.24, 2.45) is 0 Å². The van der Waals surface area contributed by atoms with Gasteiger partial charge in [0.1, 0.15) is 11.5 Å². The van der Waals surface area contributed by atoms with E-state index in [2.05, 4.69) is 24.0 Å². The lowest BCUT2D eigenvalue weighted by Crippen LogP contribution is -1.95. The zero-order chi connectivity index (χ0) is 13.7. The molecule has 0 amide bonds. The maximum Gasteiger partial charge on any atom is 0.136 e. The SMILES string of the molecule is CCCc1ccc(Oc2cc(C)ncc2CO)cc1. The fourth-order valence-electron chi connectivity index (χ4n) is 1.92. The molecule has 1 aromatic heterocycles. The zero-order valence-corrected chi connectivity index (χ0v) is 11.4. The van der Waals surface area contributed by atoms with Crippen LogP contribution in [0.15, 0.2) is 36.5 Å². The Morgan fingerprint density at radius 2 is 1.95 bits per heavy atom. The Labute approximate surface area is 113 Å². The molecule has 0 fully saturated rings. The van der Waals surface area contributed by atoms with E-state index in [9.17, 15) is 5.11 Å². The Bertz CT molecular complexity index is 535. The molecule has 0 aliphatic heterocycles. The highest BCUT2D eigenvalue weighted by atomic mass is 16.5. The molecule has 0 saturated carbocycles. The fourth-order valence-corrected chi connectivity index (χ4v) is 1.92. The first kappa shape index (κ1) is 13.6. The number of pyridine rings is 1. The maximum atomic E-state index is 9.28. The second-order valence-electron chi connectivity index (χ2n) is 4.59. The molecule has 0 radical (unpaired) electrons. The summed E-state index contributed by atoms with van der Waals surface area (Å²) >= 11 is 0. The Hall–Kier alpha value is -1.87. The highest BCUT2D eigenvalue weighted by molar-refractivity contribution is 5.38. The van der Waals surface area contributed by atoms with Crippen LogP contribution in [0, 0.1) is 6.92 Å². The van der Waals surface area contributed by atoms with Gasteiger partial charge in [0.05, 0.1) is 6.61 Å². The van der Waals surface area contributed by atoms with Gasteiger partial charge in [0.15, 0.2) is 0 Å². The zero-order valence-electron chi connectivity index (χ0n) is 11.4. The first-order valence-corrected chi connectivity index (χ1v) is 6.56. The Kier molecular flexibility index (Phi) is 4.53. The summed E-state index contributed by atoms with van der Waals surface area (Å²) < 4.78 is 5.81. The third-order valence-corrected chi connectivity index (χ3v) is 2.94. The molecule has 1 heterocycles. The highest BCUT2D eigenvalue weighted by Gasteiger charge is 2.05. The summed E-state index contributed by atoms with van der Waals surface area (Å²) in [7, 11) is 0. The normalized spacial score (nSPS) is 10.5. The number of aliphatic hydroxyl groups excluding tert-OH is 1. The minimum Gasteiger partial charge on any atom is -0.457 e. The van der Waals surface area contributed by atoms with Crippen molar-refractivity contribution in [1.29, 1.82) is 0 Å². The summed E-state index contributed by atoms with van der Waals surface area (Å²) in [5, 5.41) is 9.28. The molecular weight excluding hydrogens is 238 g/mol. The summed E-state index contributed by atoms with van der Waals surface area (Å²) in [6.45, 7) is 3.99. The van der Waals surface area contributed by atoms with E-state index in [0.717, 1.165) is 24.3 Å². The van der Waals surface area contributed by atoms with Crippen LogP contribution in [-0.2, 0) is 13.0 Å². The molecule has 2 aromatic rings. The number of aromatic nitrogens is 1. The van der Waals surface area contributed by atoms with Gasteiger partial charge >= 0.3 is 0 Å². The molecule has 1 aromatic carbocycles. The largest absolute Gasteiger partial charge is 0.457 e. The molecule has 0 spiro atoms. The van der Waals surface area contributed by atoms with Crippen molar-refractivity contribution in [2.45, 2.75) is 33.3 Å². The molecule has 0 saturated heterocycles. The lowest BCUT2D eigenvalue weighted by atomic mass is 10.1. The van der Waals surface area contributed by atoms with Crippen LogP contribution in [0.4, 0.5) is 0 Å².